The van der Waals surface area contributed by atoms with Gasteiger partial charge in [-0.25, -0.2) is 0 Å². The Morgan fingerprint density at radius 3 is 2.71 bits per heavy atom. The van der Waals surface area contributed by atoms with Crippen LogP contribution < -0.4 is 0 Å². The summed E-state index contributed by atoms with van der Waals surface area (Å²) < 4.78 is 1.26. The normalized spacial score (nSPS) is 11.9. The maximum Gasteiger partial charge on any atom is 0.309 e. The number of aliphatic carboxylic acids is 1. The Morgan fingerprint density at radius 1 is 1.35 bits per heavy atom. The van der Waals surface area contributed by atoms with Gasteiger partial charge < -0.3 is 5.11 Å². The van der Waals surface area contributed by atoms with Crippen LogP contribution in [0.2, 0.25) is 0 Å². The zero-order valence-corrected chi connectivity index (χ0v) is 11.1. The van der Waals surface area contributed by atoms with Crippen LogP contribution in [0.5, 0.6) is 0 Å². The molecule has 0 unspecified atom stereocenters. The van der Waals surface area contributed by atoms with Gasteiger partial charge in [0.15, 0.2) is 0 Å². The molecule has 3 heteroatoms. The molecule has 90 valence electrons. The molecule has 2 nitrogen and oxygen atoms in total. The first-order valence-corrected chi connectivity index (χ1v) is 6.42. The Labute approximate surface area is 105 Å². The summed E-state index contributed by atoms with van der Waals surface area (Å²) in [6, 6.07) is 8.37. The Bertz CT molecular complexity index is 567. The Hall–Kier alpha value is -1.35. The van der Waals surface area contributed by atoms with Crippen molar-refractivity contribution in [1.82, 2.24) is 0 Å². The summed E-state index contributed by atoms with van der Waals surface area (Å²) in [6.45, 7) is 5.61. The highest BCUT2D eigenvalue weighted by atomic mass is 32.1. The van der Waals surface area contributed by atoms with Gasteiger partial charge in [0.05, 0.1) is 5.41 Å². The van der Waals surface area contributed by atoms with E-state index in [2.05, 4.69) is 25.1 Å². The third-order valence-electron chi connectivity index (χ3n) is 2.93. The van der Waals surface area contributed by atoms with Crippen molar-refractivity contribution in [3.05, 3.63) is 34.7 Å². The molecule has 0 fully saturated rings. The highest BCUT2D eigenvalue weighted by Gasteiger charge is 2.27. The summed E-state index contributed by atoms with van der Waals surface area (Å²) in [5, 5.41) is 10.3. The van der Waals surface area contributed by atoms with Crippen molar-refractivity contribution in [3.63, 3.8) is 0 Å². The third kappa shape index (κ3) is 2.50. The van der Waals surface area contributed by atoms with E-state index < -0.39 is 11.4 Å². The van der Waals surface area contributed by atoms with Crippen molar-refractivity contribution >= 4 is 27.4 Å². The van der Waals surface area contributed by atoms with Gasteiger partial charge in [-0.15, -0.1) is 11.3 Å². The number of carbonyl (C=O) groups is 1. The van der Waals surface area contributed by atoms with E-state index in [4.69, 9.17) is 5.11 Å². The number of benzene rings is 1. The van der Waals surface area contributed by atoms with Crippen molar-refractivity contribution in [1.29, 1.82) is 0 Å². The highest BCUT2D eigenvalue weighted by Crippen LogP contribution is 2.28. The SMILES string of the molecule is Cc1cc2cc(CC(C)(C)C(=O)O)ccc2s1. The summed E-state index contributed by atoms with van der Waals surface area (Å²) in [5.74, 6) is -0.751. The number of hydrogen-bond acceptors (Lipinski definition) is 2. The molecule has 0 amide bonds. The van der Waals surface area contributed by atoms with E-state index in [0.29, 0.717) is 6.42 Å². The van der Waals surface area contributed by atoms with Crippen molar-refractivity contribution in [2.24, 2.45) is 5.41 Å². The molecule has 1 N–H and O–H groups in total. The first-order chi connectivity index (χ1) is 7.88. The summed E-state index contributed by atoms with van der Waals surface area (Å²) in [7, 11) is 0. The van der Waals surface area contributed by atoms with E-state index in [-0.39, 0.29) is 0 Å². The lowest BCUT2D eigenvalue weighted by Gasteiger charge is -2.18. The second-order valence-electron chi connectivity index (χ2n) is 5.10. The van der Waals surface area contributed by atoms with Crippen LogP contribution >= 0.6 is 11.3 Å². The fourth-order valence-electron chi connectivity index (χ4n) is 1.92. The molecule has 17 heavy (non-hydrogen) atoms. The van der Waals surface area contributed by atoms with Crippen molar-refractivity contribution in [3.8, 4) is 0 Å². The van der Waals surface area contributed by atoms with Crippen LogP contribution in [0, 0.1) is 12.3 Å². The molecular weight excluding hydrogens is 232 g/mol. The predicted octanol–water partition coefficient (Wildman–Crippen LogP) is 3.86. The fraction of sp³-hybridized carbons (Fsp3) is 0.357. The number of thiophene rings is 1. The summed E-state index contributed by atoms with van der Waals surface area (Å²) in [5.41, 5.74) is 0.376. The number of hydrogen-bond donors (Lipinski definition) is 1. The fourth-order valence-corrected chi connectivity index (χ4v) is 2.83. The molecule has 0 saturated carbocycles. The number of carboxylic acid groups (broad SMARTS) is 1. The van der Waals surface area contributed by atoms with Crippen LogP contribution in [-0.2, 0) is 11.2 Å². The molecule has 1 aromatic carbocycles. The van der Waals surface area contributed by atoms with Gasteiger partial charge >= 0.3 is 5.97 Å². The van der Waals surface area contributed by atoms with Gasteiger partial charge in [-0.2, -0.15) is 0 Å². The predicted molar refractivity (Wildman–Crippen MR) is 71.7 cm³/mol. The summed E-state index contributed by atoms with van der Waals surface area (Å²) in [4.78, 5) is 12.4. The van der Waals surface area contributed by atoms with Gasteiger partial charge in [-0.1, -0.05) is 12.1 Å². The Morgan fingerprint density at radius 2 is 2.06 bits per heavy atom. The average Bonchev–Trinajstić information content (AvgIpc) is 2.56. The lowest BCUT2D eigenvalue weighted by Crippen LogP contribution is -2.26. The van der Waals surface area contributed by atoms with Crippen molar-refractivity contribution in [2.45, 2.75) is 27.2 Å². The van der Waals surface area contributed by atoms with Crippen LogP contribution in [0.3, 0.4) is 0 Å². The quantitative estimate of drug-likeness (QED) is 0.895. The topological polar surface area (TPSA) is 37.3 Å². The Balaban J connectivity index is 2.34. The molecular formula is C14H16O2S. The molecule has 0 aliphatic heterocycles. The molecule has 0 spiro atoms. The maximum atomic E-state index is 11.1. The van der Waals surface area contributed by atoms with Crippen molar-refractivity contribution in [2.75, 3.05) is 0 Å². The molecule has 0 aliphatic rings. The first-order valence-electron chi connectivity index (χ1n) is 5.61. The van der Waals surface area contributed by atoms with E-state index in [9.17, 15) is 4.79 Å². The molecule has 0 atom stereocenters. The zero-order chi connectivity index (χ0) is 12.6. The number of aryl methyl sites for hydroxylation is 1. The number of carboxylic acids is 1. The molecule has 0 saturated heterocycles. The monoisotopic (exact) mass is 248 g/mol. The lowest BCUT2D eigenvalue weighted by molar-refractivity contribution is -0.146. The van der Waals surface area contributed by atoms with Crippen molar-refractivity contribution < 1.29 is 9.90 Å². The molecule has 1 aromatic heterocycles. The first kappa shape index (κ1) is 12.1. The minimum absolute atomic E-state index is 0.563. The third-order valence-corrected chi connectivity index (χ3v) is 3.96. The smallest absolute Gasteiger partial charge is 0.309 e. The standard InChI is InChI=1S/C14H16O2S/c1-9-6-11-7-10(4-5-12(11)17-9)8-14(2,3)13(15)16/h4-7H,8H2,1-3H3,(H,15,16). The molecule has 2 aromatic rings. The molecule has 0 aliphatic carbocycles. The van der Waals surface area contributed by atoms with E-state index in [1.807, 2.05) is 6.07 Å². The molecule has 0 bridgehead atoms. The van der Waals surface area contributed by atoms with Crippen LogP contribution in [0.4, 0.5) is 0 Å². The lowest BCUT2D eigenvalue weighted by atomic mass is 9.86. The van der Waals surface area contributed by atoms with Crippen LogP contribution in [-0.4, -0.2) is 11.1 Å². The largest absolute Gasteiger partial charge is 0.481 e. The van der Waals surface area contributed by atoms with Gasteiger partial charge in [0.1, 0.15) is 0 Å². The maximum absolute atomic E-state index is 11.1. The summed E-state index contributed by atoms with van der Waals surface area (Å²) >= 11 is 1.77. The molecule has 1 heterocycles. The molecule has 0 radical (unpaired) electrons. The highest BCUT2D eigenvalue weighted by molar-refractivity contribution is 7.19. The van der Waals surface area contributed by atoms with Crippen LogP contribution in [0.1, 0.15) is 24.3 Å². The Kier molecular flexibility index (Phi) is 2.96. The minimum Gasteiger partial charge on any atom is -0.481 e. The minimum atomic E-state index is -0.751. The number of fused-ring (bicyclic) bond motifs is 1. The van der Waals surface area contributed by atoms with Gasteiger partial charge in [-0.3, -0.25) is 4.79 Å². The summed E-state index contributed by atoms with van der Waals surface area (Å²) in [6.07, 6.45) is 0.563. The van der Waals surface area contributed by atoms with Gasteiger partial charge in [-0.05, 0) is 50.3 Å². The second-order valence-corrected chi connectivity index (χ2v) is 6.38. The van der Waals surface area contributed by atoms with Gasteiger partial charge in [0, 0.05) is 9.58 Å². The van der Waals surface area contributed by atoms with Gasteiger partial charge in [0.25, 0.3) is 0 Å². The zero-order valence-electron chi connectivity index (χ0n) is 10.3. The van der Waals surface area contributed by atoms with Gasteiger partial charge in [0.2, 0.25) is 0 Å². The van der Waals surface area contributed by atoms with Crippen LogP contribution in [0.25, 0.3) is 10.1 Å². The van der Waals surface area contributed by atoms with E-state index in [0.717, 1.165) is 5.56 Å². The second kappa shape index (κ2) is 4.15. The van der Waals surface area contributed by atoms with Crippen LogP contribution in [0.15, 0.2) is 24.3 Å². The van der Waals surface area contributed by atoms with E-state index in [1.165, 1.54) is 15.0 Å². The number of rotatable bonds is 3. The average molecular weight is 248 g/mol. The van der Waals surface area contributed by atoms with E-state index in [1.54, 1.807) is 25.2 Å². The van der Waals surface area contributed by atoms with E-state index >= 15 is 0 Å². The molecule has 2 rings (SSSR count).